The van der Waals surface area contributed by atoms with Crippen LogP contribution < -0.4 is 11.1 Å². The Bertz CT molecular complexity index is 1160. The van der Waals surface area contributed by atoms with E-state index in [0.717, 1.165) is 36.7 Å². The standard InChI is InChI=1S/C18H18Cl2N8.ClH/c19-11-5-13-14(6-12(11)20)28(8-24-13)17-15-16(23-7-22-15)26-18(27-17)25-10-3-1-9(21)2-4-10;/h5-10H,1-4,21H2,(H2,22,23,25,26,27);1H. The maximum atomic E-state index is 6.22. The first-order valence-corrected chi connectivity index (χ1v) is 9.90. The van der Waals surface area contributed by atoms with E-state index < -0.39 is 0 Å². The fourth-order valence-electron chi connectivity index (χ4n) is 3.67. The van der Waals surface area contributed by atoms with E-state index in [-0.39, 0.29) is 12.4 Å². The number of H-pyrrole nitrogens is 1. The number of rotatable bonds is 3. The fraction of sp³-hybridized carbons (Fsp3) is 0.333. The second-order valence-corrected chi connectivity index (χ2v) is 7.91. The third-order valence-corrected chi connectivity index (χ3v) is 5.91. The van der Waals surface area contributed by atoms with Gasteiger partial charge in [-0.3, -0.25) is 4.57 Å². The van der Waals surface area contributed by atoms with Crippen molar-refractivity contribution in [1.82, 2.24) is 29.5 Å². The number of halogens is 3. The van der Waals surface area contributed by atoms with Crippen molar-refractivity contribution in [3.8, 4) is 5.82 Å². The lowest BCUT2D eigenvalue weighted by atomic mass is 9.92. The molecule has 0 amide bonds. The Balaban J connectivity index is 0.00000205. The van der Waals surface area contributed by atoms with E-state index in [0.29, 0.717) is 45.1 Å². The lowest BCUT2D eigenvalue weighted by Gasteiger charge is -2.26. The molecular weight excluding hydrogens is 435 g/mol. The maximum Gasteiger partial charge on any atom is 0.227 e. The molecule has 0 saturated heterocycles. The van der Waals surface area contributed by atoms with E-state index in [1.54, 1.807) is 24.8 Å². The van der Waals surface area contributed by atoms with Crippen molar-refractivity contribution < 1.29 is 0 Å². The van der Waals surface area contributed by atoms with Gasteiger partial charge in [0.1, 0.15) is 6.33 Å². The second kappa shape index (κ2) is 7.95. The van der Waals surface area contributed by atoms with Crippen LogP contribution in [0.3, 0.4) is 0 Å². The summed E-state index contributed by atoms with van der Waals surface area (Å²) in [6, 6.07) is 4.12. The average molecular weight is 454 g/mol. The molecule has 1 saturated carbocycles. The molecule has 0 atom stereocenters. The monoisotopic (exact) mass is 452 g/mol. The first-order chi connectivity index (χ1) is 13.6. The van der Waals surface area contributed by atoms with Crippen molar-refractivity contribution in [2.75, 3.05) is 5.32 Å². The van der Waals surface area contributed by atoms with Crippen LogP contribution in [0.25, 0.3) is 28.0 Å². The number of hydrogen-bond acceptors (Lipinski definition) is 6. The van der Waals surface area contributed by atoms with Crippen LogP contribution in [0.4, 0.5) is 5.95 Å². The van der Waals surface area contributed by atoms with Crippen LogP contribution >= 0.6 is 35.6 Å². The van der Waals surface area contributed by atoms with Crippen LogP contribution in [0.1, 0.15) is 25.7 Å². The molecule has 1 aliphatic rings. The zero-order valence-electron chi connectivity index (χ0n) is 15.3. The van der Waals surface area contributed by atoms with Crippen molar-refractivity contribution in [3.63, 3.8) is 0 Å². The highest BCUT2D eigenvalue weighted by atomic mass is 35.5. The van der Waals surface area contributed by atoms with Gasteiger partial charge in [-0.2, -0.15) is 9.97 Å². The summed E-state index contributed by atoms with van der Waals surface area (Å²) in [5, 5.41) is 4.37. The smallest absolute Gasteiger partial charge is 0.227 e. The third-order valence-electron chi connectivity index (χ3n) is 5.18. The fourth-order valence-corrected chi connectivity index (χ4v) is 3.99. The second-order valence-electron chi connectivity index (χ2n) is 7.10. The largest absolute Gasteiger partial charge is 0.351 e. The Hall–Kier alpha value is -2.13. The maximum absolute atomic E-state index is 6.22. The third kappa shape index (κ3) is 3.73. The van der Waals surface area contributed by atoms with Gasteiger partial charge in [-0.25, -0.2) is 9.97 Å². The lowest BCUT2D eigenvalue weighted by Crippen LogP contribution is -2.33. The molecule has 4 N–H and O–H groups in total. The summed E-state index contributed by atoms with van der Waals surface area (Å²) >= 11 is 12.3. The number of aromatic amines is 1. The van der Waals surface area contributed by atoms with Gasteiger partial charge in [-0.05, 0) is 37.8 Å². The first-order valence-electron chi connectivity index (χ1n) is 9.14. The Labute approximate surface area is 182 Å². The van der Waals surface area contributed by atoms with E-state index in [2.05, 4.69) is 25.3 Å². The molecule has 8 nitrogen and oxygen atoms in total. The Morgan fingerprint density at radius 2 is 1.83 bits per heavy atom. The number of nitrogens with two attached hydrogens (primary N) is 1. The molecule has 0 spiro atoms. The number of fused-ring (bicyclic) bond motifs is 2. The number of anilines is 1. The van der Waals surface area contributed by atoms with Crippen LogP contribution in [0.2, 0.25) is 10.0 Å². The number of nitrogens with one attached hydrogen (secondary N) is 2. The minimum Gasteiger partial charge on any atom is -0.351 e. The summed E-state index contributed by atoms with van der Waals surface area (Å²) in [6.07, 6.45) is 7.31. The van der Waals surface area contributed by atoms with Gasteiger partial charge in [0.15, 0.2) is 17.0 Å². The van der Waals surface area contributed by atoms with Crippen LogP contribution in [0, 0.1) is 0 Å². The summed E-state index contributed by atoms with van der Waals surface area (Å²) in [6.45, 7) is 0. The molecule has 0 unspecified atom stereocenters. The van der Waals surface area contributed by atoms with E-state index in [9.17, 15) is 0 Å². The molecule has 0 bridgehead atoms. The molecular formula is C18H19Cl3N8. The molecule has 1 aromatic carbocycles. The number of imidazole rings is 2. The van der Waals surface area contributed by atoms with Gasteiger partial charge in [-0.1, -0.05) is 23.2 Å². The highest BCUT2D eigenvalue weighted by Crippen LogP contribution is 2.30. The molecule has 3 aromatic heterocycles. The van der Waals surface area contributed by atoms with E-state index >= 15 is 0 Å². The lowest BCUT2D eigenvalue weighted by molar-refractivity contribution is 0.410. The Morgan fingerprint density at radius 3 is 2.62 bits per heavy atom. The number of nitrogens with zero attached hydrogens (tertiary/aromatic N) is 5. The molecule has 0 radical (unpaired) electrons. The summed E-state index contributed by atoms with van der Waals surface area (Å²) in [4.78, 5) is 21.2. The molecule has 0 aliphatic heterocycles. The molecule has 4 aromatic rings. The van der Waals surface area contributed by atoms with Gasteiger partial charge >= 0.3 is 0 Å². The van der Waals surface area contributed by atoms with Crippen LogP contribution in [-0.2, 0) is 0 Å². The molecule has 29 heavy (non-hydrogen) atoms. The van der Waals surface area contributed by atoms with E-state index in [1.807, 2.05) is 4.57 Å². The first kappa shape index (κ1) is 20.2. The van der Waals surface area contributed by atoms with Crippen LogP contribution in [-0.4, -0.2) is 41.6 Å². The minimum atomic E-state index is 0. The topological polar surface area (TPSA) is 110 Å². The highest BCUT2D eigenvalue weighted by Gasteiger charge is 2.21. The van der Waals surface area contributed by atoms with Gasteiger partial charge in [0.25, 0.3) is 0 Å². The van der Waals surface area contributed by atoms with Crippen molar-refractivity contribution in [3.05, 3.63) is 34.8 Å². The normalized spacial score (nSPS) is 19.4. The quantitative estimate of drug-likeness (QED) is 0.431. The van der Waals surface area contributed by atoms with Crippen LogP contribution in [0.5, 0.6) is 0 Å². The molecule has 5 rings (SSSR count). The molecule has 11 heteroatoms. The molecule has 3 heterocycles. The van der Waals surface area contributed by atoms with Crippen molar-refractivity contribution >= 4 is 63.8 Å². The minimum absolute atomic E-state index is 0. The molecule has 152 valence electrons. The van der Waals surface area contributed by atoms with Gasteiger partial charge in [0.05, 0.1) is 27.4 Å². The predicted octanol–water partition coefficient (Wildman–Crippen LogP) is 4.10. The Morgan fingerprint density at radius 1 is 1.07 bits per heavy atom. The summed E-state index contributed by atoms with van der Waals surface area (Å²) in [7, 11) is 0. The van der Waals surface area contributed by atoms with Gasteiger partial charge in [0, 0.05) is 12.1 Å². The molecule has 1 aliphatic carbocycles. The number of benzene rings is 1. The van der Waals surface area contributed by atoms with Crippen molar-refractivity contribution in [2.45, 2.75) is 37.8 Å². The van der Waals surface area contributed by atoms with Gasteiger partial charge < -0.3 is 16.0 Å². The predicted molar refractivity (Wildman–Crippen MR) is 117 cm³/mol. The van der Waals surface area contributed by atoms with Crippen molar-refractivity contribution in [1.29, 1.82) is 0 Å². The Kier molecular flexibility index (Phi) is 5.52. The van der Waals surface area contributed by atoms with Crippen molar-refractivity contribution in [2.24, 2.45) is 5.73 Å². The summed E-state index contributed by atoms with van der Waals surface area (Å²) < 4.78 is 1.85. The van der Waals surface area contributed by atoms with Gasteiger partial charge in [-0.15, -0.1) is 12.4 Å². The summed E-state index contributed by atoms with van der Waals surface area (Å²) in [5.41, 5.74) is 8.85. The highest BCUT2D eigenvalue weighted by molar-refractivity contribution is 6.42. The van der Waals surface area contributed by atoms with E-state index in [1.165, 1.54) is 0 Å². The molecule has 1 fully saturated rings. The SMILES string of the molecule is Cl.NC1CCC(Nc2nc(-n3cnc4cc(Cl)c(Cl)cc43)c3nc[nH]c3n2)CC1. The zero-order valence-corrected chi connectivity index (χ0v) is 17.6. The van der Waals surface area contributed by atoms with Gasteiger partial charge in [0.2, 0.25) is 5.95 Å². The zero-order chi connectivity index (χ0) is 19.3. The number of aromatic nitrogens is 6. The van der Waals surface area contributed by atoms with E-state index in [4.69, 9.17) is 33.9 Å². The number of hydrogen-bond donors (Lipinski definition) is 3. The summed E-state index contributed by atoms with van der Waals surface area (Å²) in [5.74, 6) is 1.18. The average Bonchev–Trinajstić information content (AvgIpc) is 3.30. The van der Waals surface area contributed by atoms with Crippen LogP contribution in [0.15, 0.2) is 24.8 Å².